The number of alkyl halides is 3. The molecular formula is C14H14F3N3O. The number of hydrogen-bond donors (Lipinski definition) is 2. The normalized spacial score (nSPS) is 11.4. The number of nitrogens with one attached hydrogen (secondary N) is 2. The average Bonchev–Trinajstić information content (AvgIpc) is 2.39. The first-order chi connectivity index (χ1) is 9.84. The third-order valence-corrected chi connectivity index (χ3v) is 2.86. The Hall–Kier alpha value is -2.31. The molecule has 0 atom stereocenters. The molecule has 21 heavy (non-hydrogen) atoms. The van der Waals surface area contributed by atoms with E-state index in [1.165, 1.54) is 0 Å². The van der Waals surface area contributed by atoms with Gasteiger partial charge in [-0.25, -0.2) is 4.98 Å². The predicted molar refractivity (Wildman–Crippen MR) is 73.2 cm³/mol. The van der Waals surface area contributed by atoms with Crippen molar-refractivity contribution in [1.29, 1.82) is 0 Å². The molecule has 0 unspecified atom stereocenters. The van der Waals surface area contributed by atoms with Crippen molar-refractivity contribution in [2.45, 2.75) is 19.5 Å². The lowest BCUT2D eigenvalue weighted by Crippen LogP contribution is -2.19. The van der Waals surface area contributed by atoms with Crippen molar-refractivity contribution in [1.82, 2.24) is 9.97 Å². The number of aryl methyl sites for hydroxylation is 1. The maximum absolute atomic E-state index is 12.5. The zero-order valence-corrected chi connectivity index (χ0v) is 11.3. The van der Waals surface area contributed by atoms with E-state index >= 15 is 0 Å². The van der Waals surface area contributed by atoms with Crippen molar-refractivity contribution in [3.63, 3.8) is 0 Å². The van der Waals surface area contributed by atoms with E-state index in [-0.39, 0.29) is 5.95 Å². The third kappa shape index (κ3) is 4.34. The van der Waals surface area contributed by atoms with Crippen molar-refractivity contribution < 1.29 is 13.2 Å². The topological polar surface area (TPSA) is 57.8 Å². The molecule has 2 rings (SSSR count). The molecule has 0 fully saturated rings. The molecule has 0 radical (unpaired) electrons. The minimum absolute atomic E-state index is 0.179. The van der Waals surface area contributed by atoms with Crippen LogP contribution in [-0.4, -0.2) is 16.5 Å². The number of hydrogen-bond acceptors (Lipinski definition) is 3. The van der Waals surface area contributed by atoms with Gasteiger partial charge >= 0.3 is 6.18 Å². The highest BCUT2D eigenvalue weighted by molar-refractivity contribution is 5.27. The van der Waals surface area contributed by atoms with E-state index in [9.17, 15) is 18.0 Å². The summed E-state index contributed by atoms with van der Waals surface area (Å²) in [5.41, 5.74) is 0.136. The monoisotopic (exact) mass is 297 g/mol. The SMILES string of the molecule is Cc1ccc(CCNc2nc(C(F)(F)F)cc(=O)[nH]2)cc1. The molecule has 4 nitrogen and oxygen atoms in total. The Labute approximate surface area is 119 Å². The molecule has 7 heteroatoms. The highest BCUT2D eigenvalue weighted by Crippen LogP contribution is 2.26. The second-order valence-corrected chi connectivity index (χ2v) is 4.64. The number of H-pyrrole nitrogens is 1. The van der Waals surface area contributed by atoms with E-state index < -0.39 is 17.4 Å². The second kappa shape index (κ2) is 5.99. The first kappa shape index (κ1) is 15.1. The van der Waals surface area contributed by atoms with Gasteiger partial charge in [-0.05, 0) is 18.9 Å². The van der Waals surface area contributed by atoms with Gasteiger partial charge in [0, 0.05) is 12.6 Å². The zero-order chi connectivity index (χ0) is 15.5. The van der Waals surface area contributed by atoms with E-state index in [4.69, 9.17) is 0 Å². The second-order valence-electron chi connectivity index (χ2n) is 4.64. The van der Waals surface area contributed by atoms with Gasteiger partial charge < -0.3 is 5.32 Å². The van der Waals surface area contributed by atoms with Crippen LogP contribution in [-0.2, 0) is 12.6 Å². The van der Waals surface area contributed by atoms with Gasteiger partial charge in [0.05, 0.1) is 0 Å². The smallest absolute Gasteiger partial charge is 0.355 e. The van der Waals surface area contributed by atoms with Crippen LogP contribution in [0.15, 0.2) is 35.1 Å². The number of halogens is 3. The molecule has 112 valence electrons. The van der Waals surface area contributed by atoms with Crippen LogP contribution in [0.25, 0.3) is 0 Å². The Bertz CT molecular complexity index is 662. The molecule has 0 bridgehead atoms. The van der Waals surface area contributed by atoms with E-state index in [2.05, 4.69) is 15.3 Å². The number of aromatic amines is 1. The van der Waals surface area contributed by atoms with E-state index in [0.717, 1.165) is 11.1 Å². The fraction of sp³-hybridized carbons (Fsp3) is 0.286. The Morgan fingerprint density at radius 2 is 1.90 bits per heavy atom. The van der Waals surface area contributed by atoms with E-state index in [1.807, 2.05) is 31.2 Å². The molecule has 0 saturated heterocycles. The van der Waals surface area contributed by atoms with Crippen molar-refractivity contribution in [2.24, 2.45) is 0 Å². The molecule has 1 heterocycles. The summed E-state index contributed by atoms with van der Waals surface area (Å²) in [6, 6.07) is 8.24. The summed E-state index contributed by atoms with van der Waals surface area (Å²) in [5.74, 6) is -0.179. The van der Waals surface area contributed by atoms with Crippen molar-refractivity contribution in [3.05, 3.63) is 57.5 Å². The molecule has 0 saturated carbocycles. The lowest BCUT2D eigenvalue weighted by Gasteiger charge is -2.09. The maximum Gasteiger partial charge on any atom is 0.433 e. The van der Waals surface area contributed by atoms with Crippen LogP contribution in [0, 0.1) is 6.92 Å². The summed E-state index contributed by atoms with van der Waals surface area (Å²) in [5, 5.41) is 2.69. The van der Waals surface area contributed by atoms with Gasteiger partial charge in [-0.1, -0.05) is 29.8 Å². The molecule has 2 N–H and O–H groups in total. The first-order valence-corrected chi connectivity index (χ1v) is 6.32. The molecule has 0 amide bonds. The Morgan fingerprint density at radius 1 is 1.24 bits per heavy atom. The van der Waals surface area contributed by atoms with Gasteiger partial charge in [-0.3, -0.25) is 9.78 Å². The molecule has 2 aromatic rings. The van der Waals surface area contributed by atoms with E-state index in [0.29, 0.717) is 19.0 Å². The van der Waals surface area contributed by atoms with E-state index in [1.54, 1.807) is 0 Å². The number of benzene rings is 1. The summed E-state index contributed by atoms with van der Waals surface area (Å²) < 4.78 is 37.6. The summed E-state index contributed by atoms with van der Waals surface area (Å²) in [7, 11) is 0. The van der Waals surface area contributed by atoms with Crippen molar-refractivity contribution >= 4 is 5.95 Å². The molecule has 0 spiro atoms. The Balaban J connectivity index is 2.02. The van der Waals surface area contributed by atoms with Crippen LogP contribution in [0.1, 0.15) is 16.8 Å². The van der Waals surface area contributed by atoms with Crippen molar-refractivity contribution in [3.8, 4) is 0 Å². The summed E-state index contributed by atoms with van der Waals surface area (Å²) >= 11 is 0. The Kier molecular flexibility index (Phi) is 4.30. The fourth-order valence-electron chi connectivity index (χ4n) is 1.77. The third-order valence-electron chi connectivity index (χ3n) is 2.86. The van der Waals surface area contributed by atoms with Gasteiger partial charge in [-0.15, -0.1) is 0 Å². The van der Waals surface area contributed by atoms with Crippen LogP contribution < -0.4 is 10.9 Å². The highest BCUT2D eigenvalue weighted by atomic mass is 19.4. The molecule has 0 aliphatic heterocycles. The Morgan fingerprint density at radius 3 is 2.52 bits per heavy atom. The van der Waals surface area contributed by atoms with Crippen LogP contribution >= 0.6 is 0 Å². The largest absolute Gasteiger partial charge is 0.433 e. The van der Waals surface area contributed by atoms with Crippen LogP contribution in [0.5, 0.6) is 0 Å². The maximum atomic E-state index is 12.5. The first-order valence-electron chi connectivity index (χ1n) is 6.32. The summed E-state index contributed by atoms with van der Waals surface area (Å²) in [6.45, 7) is 2.34. The van der Waals surface area contributed by atoms with Gasteiger partial charge in [-0.2, -0.15) is 13.2 Å². The summed E-state index contributed by atoms with van der Waals surface area (Å²) in [6.07, 6.45) is -4.03. The van der Waals surface area contributed by atoms with Gasteiger partial charge in [0.15, 0.2) is 5.69 Å². The summed E-state index contributed by atoms with van der Waals surface area (Å²) in [4.78, 5) is 16.8. The predicted octanol–water partition coefficient (Wildman–Crippen LogP) is 2.75. The van der Waals surface area contributed by atoms with Crippen molar-refractivity contribution in [2.75, 3.05) is 11.9 Å². The van der Waals surface area contributed by atoms with Gasteiger partial charge in [0.25, 0.3) is 5.56 Å². The average molecular weight is 297 g/mol. The number of anilines is 1. The number of rotatable bonds is 4. The number of nitrogens with zero attached hydrogens (tertiary/aromatic N) is 1. The molecule has 0 aliphatic carbocycles. The van der Waals surface area contributed by atoms with Crippen LogP contribution in [0.4, 0.5) is 19.1 Å². The quantitative estimate of drug-likeness (QED) is 0.912. The standard InChI is InChI=1S/C14H14F3N3O/c1-9-2-4-10(5-3-9)6-7-18-13-19-11(14(15,16)17)8-12(21)20-13/h2-5,8H,6-7H2,1H3,(H2,18,19,20,21). The molecule has 1 aromatic carbocycles. The molecule has 0 aliphatic rings. The van der Waals surface area contributed by atoms with Crippen LogP contribution in [0.3, 0.4) is 0 Å². The number of aromatic nitrogens is 2. The highest BCUT2D eigenvalue weighted by Gasteiger charge is 2.33. The lowest BCUT2D eigenvalue weighted by molar-refractivity contribution is -0.141. The molecule has 1 aromatic heterocycles. The zero-order valence-electron chi connectivity index (χ0n) is 11.3. The molecular weight excluding hydrogens is 283 g/mol. The van der Waals surface area contributed by atoms with Gasteiger partial charge in [0.2, 0.25) is 5.95 Å². The fourth-order valence-corrected chi connectivity index (χ4v) is 1.77. The minimum Gasteiger partial charge on any atom is -0.355 e. The van der Waals surface area contributed by atoms with Crippen LogP contribution in [0.2, 0.25) is 0 Å². The lowest BCUT2D eigenvalue weighted by atomic mass is 10.1. The minimum atomic E-state index is -4.64. The van der Waals surface area contributed by atoms with Gasteiger partial charge in [0.1, 0.15) is 0 Å².